The smallest absolute Gasteiger partial charge is 0.0462 e. The van der Waals surface area contributed by atoms with E-state index in [9.17, 15) is 0 Å². The van der Waals surface area contributed by atoms with Gasteiger partial charge in [-0.1, -0.05) is 6.92 Å². The summed E-state index contributed by atoms with van der Waals surface area (Å²) in [6.07, 6.45) is 8.88. The van der Waals surface area contributed by atoms with Gasteiger partial charge in [-0.15, -0.1) is 11.3 Å². The molecule has 1 aliphatic carbocycles. The highest BCUT2D eigenvalue weighted by atomic mass is 32.1. The molecular formula is C16H27NOS. The van der Waals surface area contributed by atoms with Gasteiger partial charge in [0.15, 0.2) is 0 Å². The van der Waals surface area contributed by atoms with Gasteiger partial charge in [0.25, 0.3) is 0 Å². The molecule has 2 rings (SSSR count). The highest BCUT2D eigenvalue weighted by Gasteiger charge is 2.18. The number of nitrogens with one attached hydrogen (secondary N) is 1. The van der Waals surface area contributed by atoms with Gasteiger partial charge in [0, 0.05) is 29.5 Å². The second kappa shape index (κ2) is 8.03. The Labute approximate surface area is 121 Å². The lowest BCUT2D eigenvalue weighted by Gasteiger charge is -2.16. The van der Waals surface area contributed by atoms with Gasteiger partial charge < -0.3 is 10.1 Å². The van der Waals surface area contributed by atoms with E-state index in [0.717, 1.165) is 19.6 Å². The molecule has 0 aliphatic heterocycles. The molecule has 0 fully saturated rings. The SMILES string of the molecule is CCCNC(CCCOC)c1cc2c(s1)CCCC2. The second-order valence-electron chi connectivity index (χ2n) is 5.45. The van der Waals surface area contributed by atoms with E-state index >= 15 is 0 Å². The average molecular weight is 281 g/mol. The van der Waals surface area contributed by atoms with Crippen LogP contribution in [0.15, 0.2) is 6.07 Å². The fourth-order valence-corrected chi connectivity index (χ4v) is 4.15. The van der Waals surface area contributed by atoms with Gasteiger partial charge >= 0.3 is 0 Å². The third-order valence-electron chi connectivity index (χ3n) is 3.84. The number of hydrogen-bond acceptors (Lipinski definition) is 3. The van der Waals surface area contributed by atoms with Crippen LogP contribution in [0.4, 0.5) is 0 Å². The van der Waals surface area contributed by atoms with Crippen LogP contribution < -0.4 is 5.32 Å². The van der Waals surface area contributed by atoms with Crippen molar-refractivity contribution in [1.82, 2.24) is 5.32 Å². The molecule has 1 heterocycles. The topological polar surface area (TPSA) is 21.3 Å². The molecule has 0 aromatic carbocycles. The summed E-state index contributed by atoms with van der Waals surface area (Å²) in [7, 11) is 1.79. The Balaban J connectivity index is 2.01. The van der Waals surface area contributed by atoms with E-state index in [1.54, 1.807) is 22.4 Å². The Morgan fingerprint density at radius 1 is 1.37 bits per heavy atom. The van der Waals surface area contributed by atoms with Crippen LogP contribution in [-0.2, 0) is 17.6 Å². The van der Waals surface area contributed by atoms with Crippen molar-refractivity contribution in [3.8, 4) is 0 Å². The maximum absolute atomic E-state index is 5.19. The fourth-order valence-electron chi connectivity index (χ4n) is 2.78. The lowest BCUT2D eigenvalue weighted by atomic mass is 9.98. The van der Waals surface area contributed by atoms with E-state index in [0.29, 0.717) is 6.04 Å². The lowest BCUT2D eigenvalue weighted by Crippen LogP contribution is -2.21. The molecule has 1 unspecified atom stereocenters. The molecule has 1 N–H and O–H groups in total. The van der Waals surface area contributed by atoms with Crippen molar-refractivity contribution in [3.63, 3.8) is 0 Å². The lowest BCUT2D eigenvalue weighted by molar-refractivity contribution is 0.189. The van der Waals surface area contributed by atoms with E-state index in [2.05, 4.69) is 18.3 Å². The Morgan fingerprint density at radius 2 is 2.21 bits per heavy atom. The quantitative estimate of drug-likeness (QED) is 0.725. The zero-order chi connectivity index (χ0) is 13.5. The molecule has 0 saturated carbocycles. The van der Waals surface area contributed by atoms with Crippen LogP contribution in [0.2, 0.25) is 0 Å². The van der Waals surface area contributed by atoms with Crippen LogP contribution in [-0.4, -0.2) is 20.3 Å². The summed E-state index contributed by atoms with van der Waals surface area (Å²) in [5.41, 5.74) is 1.63. The molecule has 0 saturated heterocycles. The Hall–Kier alpha value is -0.380. The van der Waals surface area contributed by atoms with Gasteiger partial charge in [-0.3, -0.25) is 0 Å². The van der Waals surface area contributed by atoms with Crippen molar-refractivity contribution in [1.29, 1.82) is 0 Å². The highest BCUT2D eigenvalue weighted by molar-refractivity contribution is 7.12. The first kappa shape index (κ1) is 15.0. The maximum atomic E-state index is 5.19. The van der Waals surface area contributed by atoms with Crippen molar-refractivity contribution in [2.75, 3.05) is 20.3 Å². The molecule has 0 bridgehead atoms. The van der Waals surface area contributed by atoms with E-state index in [1.807, 2.05) is 11.3 Å². The molecule has 3 heteroatoms. The van der Waals surface area contributed by atoms with E-state index in [1.165, 1.54) is 38.5 Å². The standard InChI is InChI=1S/C16H27NOS/c1-3-10-17-14(8-6-11-18-2)16-12-13-7-4-5-9-15(13)19-16/h12,14,17H,3-11H2,1-2H3. The van der Waals surface area contributed by atoms with Gasteiger partial charge in [0.1, 0.15) is 0 Å². The zero-order valence-corrected chi connectivity index (χ0v) is 13.2. The number of rotatable bonds is 8. The van der Waals surface area contributed by atoms with Gasteiger partial charge in [-0.2, -0.15) is 0 Å². The van der Waals surface area contributed by atoms with Crippen molar-refractivity contribution in [3.05, 3.63) is 21.4 Å². The third kappa shape index (κ3) is 4.30. The second-order valence-corrected chi connectivity index (χ2v) is 6.61. The predicted octanol–water partition coefficient (Wildman–Crippen LogP) is 4.09. The van der Waals surface area contributed by atoms with E-state index < -0.39 is 0 Å². The molecular weight excluding hydrogens is 254 g/mol. The number of thiophene rings is 1. The van der Waals surface area contributed by atoms with Gasteiger partial charge in [-0.05, 0) is 63.1 Å². The van der Waals surface area contributed by atoms with Gasteiger partial charge in [0.05, 0.1) is 0 Å². The fraction of sp³-hybridized carbons (Fsp3) is 0.750. The summed E-state index contributed by atoms with van der Waals surface area (Å²) in [4.78, 5) is 3.20. The Kier molecular flexibility index (Phi) is 6.35. The zero-order valence-electron chi connectivity index (χ0n) is 12.3. The summed E-state index contributed by atoms with van der Waals surface area (Å²) >= 11 is 2.05. The minimum absolute atomic E-state index is 0.533. The van der Waals surface area contributed by atoms with Crippen molar-refractivity contribution < 1.29 is 4.74 Å². The normalized spacial score (nSPS) is 16.3. The van der Waals surface area contributed by atoms with Crippen LogP contribution in [0, 0.1) is 0 Å². The van der Waals surface area contributed by atoms with Gasteiger partial charge in [-0.25, -0.2) is 0 Å². The van der Waals surface area contributed by atoms with Crippen molar-refractivity contribution in [2.24, 2.45) is 0 Å². The van der Waals surface area contributed by atoms with Crippen LogP contribution in [0.1, 0.15) is 60.4 Å². The minimum atomic E-state index is 0.533. The molecule has 0 radical (unpaired) electrons. The number of hydrogen-bond donors (Lipinski definition) is 1. The number of aryl methyl sites for hydroxylation is 2. The summed E-state index contributed by atoms with van der Waals surface area (Å²) in [5.74, 6) is 0. The predicted molar refractivity (Wildman–Crippen MR) is 83.1 cm³/mol. The number of ether oxygens (including phenoxy) is 1. The summed E-state index contributed by atoms with van der Waals surface area (Å²) < 4.78 is 5.19. The summed E-state index contributed by atoms with van der Waals surface area (Å²) in [6.45, 7) is 4.22. The number of fused-ring (bicyclic) bond motifs is 1. The van der Waals surface area contributed by atoms with Crippen LogP contribution in [0.5, 0.6) is 0 Å². The number of methoxy groups -OCH3 is 1. The van der Waals surface area contributed by atoms with Crippen LogP contribution in [0.25, 0.3) is 0 Å². The van der Waals surface area contributed by atoms with E-state index in [4.69, 9.17) is 4.74 Å². The first-order valence-corrected chi connectivity index (χ1v) is 8.50. The van der Waals surface area contributed by atoms with Crippen molar-refractivity contribution >= 4 is 11.3 Å². The molecule has 1 aliphatic rings. The summed E-state index contributed by atoms with van der Waals surface area (Å²) in [5, 5.41) is 3.71. The van der Waals surface area contributed by atoms with E-state index in [-0.39, 0.29) is 0 Å². The first-order chi connectivity index (χ1) is 9.35. The molecule has 0 spiro atoms. The monoisotopic (exact) mass is 281 g/mol. The molecule has 1 aromatic heterocycles. The van der Waals surface area contributed by atoms with Crippen LogP contribution in [0.3, 0.4) is 0 Å². The summed E-state index contributed by atoms with van der Waals surface area (Å²) in [6, 6.07) is 3.00. The molecule has 108 valence electrons. The average Bonchev–Trinajstić information content (AvgIpc) is 2.86. The Morgan fingerprint density at radius 3 is 2.95 bits per heavy atom. The van der Waals surface area contributed by atoms with Crippen LogP contribution >= 0.6 is 11.3 Å². The molecule has 1 aromatic rings. The first-order valence-electron chi connectivity index (χ1n) is 7.69. The maximum Gasteiger partial charge on any atom is 0.0462 e. The highest BCUT2D eigenvalue weighted by Crippen LogP contribution is 2.34. The third-order valence-corrected chi connectivity index (χ3v) is 5.19. The van der Waals surface area contributed by atoms with Gasteiger partial charge in [0.2, 0.25) is 0 Å². The molecule has 19 heavy (non-hydrogen) atoms. The van der Waals surface area contributed by atoms with Crippen molar-refractivity contribution in [2.45, 2.75) is 57.9 Å². The molecule has 2 nitrogen and oxygen atoms in total. The molecule has 0 amide bonds. The Bertz CT molecular complexity index is 351. The molecule has 1 atom stereocenters. The minimum Gasteiger partial charge on any atom is -0.385 e. The largest absolute Gasteiger partial charge is 0.385 e.